The Labute approximate surface area is 417 Å². The first-order valence-electron chi connectivity index (χ1n) is 20.6. The maximum Gasteiger partial charge on any atom is 0.278 e. The average molecular weight is 1070 g/mol. The number of hydrogen-bond acceptors (Lipinski definition) is 12. The number of pyridine rings is 4. The standard InChI is InChI=1S/C22H22ClN3O3S.C17H20BrClN2O3S.C9H12N2O2/c1-14-18(6-5-11-24-14)21(27)20-19(12-16(23)13-25-20)26-30(28,29)17-9-7-15(8-10-17)22(2,3)4;1-17(2,3)12-5-7-14(8-6-12)25(22,23)21(11-24-4)15-9-13(19)10-20-16(15)18;1-7-8(5-4-6-10-7)9(12)11(2)13-3/h5-13,26H,1-4H3;5-10H,11H2,1-4H3;4-6H,1-3H3. The number of carbonyl (C=O) groups is 2. The molecule has 6 rings (SSSR count). The number of sulfonamides is 2. The quantitative estimate of drug-likeness (QED) is 0.0529. The minimum Gasteiger partial charge on any atom is -0.363 e. The van der Waals surface area contributed by atoms with Gasteiger partial charge in [-0.15, -0.1) is 0 Å². The average Bonchev–Trinajstić information content (AvgIpc) is 3.28. The summed E-state index contributed by atoms with van der Waals surface area (Å²) in [7, 11) is -3.36. The van der Waals surface area contributed by atoms with Gasteiger partial charge in [0.15, 0.2) is 0 Å². The predicted octanol–water partition coefficient (Wildman–Crippen LogP) is 10.4. The summed E-state index contributed by atoms with van der Waals surface area (Å²) in [5.41, 5.74) is 4.29. The van der Waals surface area contributed by atoms with E-state index in [-0.39, 0.29) is 49.7 Å². The molecular weight excluding hydrogens is 1020 g/mol. The van der Waals surface area contributed by atoms with E-state index in [1.54, 1.807) is 81.8 Å². The largest absolute Gasteiger partial charge is 0.363 e. The zero-order chi connectivity index (χ0) is 50.8. The number of halogens is 3. The molecule has 1 amide bonds. The second-order valence-corrected chi connectivity index (χ2v) is 22.2. The fourth-order valence-electron chi connectivity index (χ4n) is 6.08. The van der Waals surface area contributed by atoms with Gasteiger partial charge in [-0.05, 0) is 112 Å². The Bertz CT molecular complexity index is 2950. The summed E-state index contributed by atoms with van der Waals surface area (Å²) in [5, 5.41) is 1.71. The molecule has 0 bridgehead atoms. The van der Waals surface area contributed by atoms with Crippen molar-refractivity contribution in [3.05, 3.63) is 164 Å². The number of carbonyl (C=O) groups excluding carboxylic acids is 2. The van der Waals surface area contributed by atoms with Crippen LogP contribution in [0.25, 0.3) is 0 Å². The molecule has 15 nitrogen and oxygen atoms in total. The lowest BCUT2D eigenvalue weighted by molar-refractivity contribution is -0.0757. The number of methoxy groups -OCH3 is 1. The zero-order valence-corrected chi connectivity index (χ0v) is 44.2. The normalized spacial score (nSPS) is 11.6. The minimum atomic E-state index is -3.96. The third-order valence-electron chi connectivity index (χ3n) is 10.0. The number of aryl methyl sites for hydroxylation is 2. The van der Waals surface area contributed by atoms with Crippen LogP contribution in [0, 0.1) is 13.8 Å². The van der Waals surface area contributed by atoms with E-state index in [2.05, 4.69) is 61.4 Å². The highest BCUT2D eigenvalue weighted by molar-refractivity contribution is 9.10. The van der Waals surface area contributed by atoms with Crippen LogP contribution >= 0.6 is 39.1 Å². The van der Waals surface area contributed by atoms with Crippen LogP contribution in [-0.4, -0.2) is 81.5 Å². The van der Waals surface area contributed by atoms with Crippen molar-refractivity contribution >= 4 is 82.2 Å². The van der Waals surface area contributed by atoms with Crippen LogP contribution in [0.15, 0.2) is 124 Å². The van der Waals surface area contributed by atoms with Crippen LogP contribution in [0.2, 0.25) is 10.0 Å². The van der Waals surface area contributed by atoms with E-state index in [1.807, 2.05) is 32.9 Å². The third-order valence-corrected chi connectivity index (χ3v) is 14.2. The van der Waals surface area contributed by atoms with Gasteiger partial charge in [-0.25, -0.2) is 36.2 Å². The molecule has 4 heterocycles. The van der Waals surface area contributed by atoms with Crippen molar-refractivity contribution in [3.8, 4) is 0 Å². The van der Waals surface area contributed by atoms with Crippen molar-refractivity contribution in [2.75, 3.05) is 37.0 Å². The molecular formula is C48H54BrCl2N7O8S2. The molecule has 0 fully saturated rings. The van der Waals surface area contributed by atoms with E-state index in [4.69, 9.17) is 32.8 Å². The molecule has 0 aliphatic rings. The summed E-state index contributed by atoms with van der Waals surface area (Å²) in [6.45, 7) is 15.7. The van der Waals surface area contributed by atoms with Gasteiger partial charge < -0.3 is 4.74 Å². The number of ether oxygens (including phenoxy) is 1. The van der Waals surface area contributed by atoms with Gasteiger partial charge in [0.1, 0.15) is 17.0 Å². The number of hydrogen-bond donors (Lipinski definition) is 1. The molecule has 4 aromatic heterocycles. The van der Waals surface area contributed by atoms with Gasteiger partial charge in [0.25, 0.3) is 26.0 Å². The lowest BCUT2D eigenvalue weighted by atomic mass is 9.87. The lowest BCUT2D eigenvalue weighted by Crippen LogP contribution is -2.33. The highest BCUT2D eigenvalue weighted by atomic mass is 79.9. The van der Waals surface area contributed by atoms with Gasteiger partial charge in [0.2, 0.25) is 5.78 Å². The smallest absolute Gasteiger partial charge is 0.278 e. The monoisotopic (exact) mass is 1070 g/mol. The van der Waals surface area contributed by atoms with Gasteiger partial charge in [-0.3, -0.25) is 29.1 Å². The molecule has 0 unspecified atom stereocenters. The number of rotatable bonds is 12. The van der Waals surface area contributed by atoms with Crippen molar-refractivity contribution in [3.63, 3.8) is 0 Å². The molecule has 0 aliphatic carbocycles. The Morgan fingerprint density at radius 2 is 1.19 bits per heavy atom. The third kappa shape index (κ3) is 14.4. The molecule has 362 valence electrons. The van der Waals surface area contributed by atoms with Gasteiger partial charge in [-0.1, -0.05) is 89.0 Å². The molecule has 0 radical (unpaired) electrons. The Balaban J connectivity index is 0.000000239. The lowest BCUT2D eigenvalue weighted by Gasteiger charge is -2.25. The predicted molar refractivity (Wildman–Crippen MR) is 269 cm³/mol. The molecule has 0 aliphatic heterocycles. The molecule has 20 heteroatoms. The molecule has 6 aromatic rings. The summed E-state index contributed by atoms with van der Waals surface area (Å²) >= 11 is 15.3. The zero-order valence-electron chi connectivity index (χ0n) is 39.5. The maximum absolute atomic E-state index is 13.1. The summed E-state index contributed by atoms with van der Waals surface area (Å²) in [6, 6.07) is 23.1. The van der Waals surface area contributed by atoms with Gasteiger partial charge in [0.05, 0.1) is 49.6 Å². The molecule has 2 aromatic carbocycles. The summed E-state index contributed by atoms with van der Waals surface area (Å²) in [6.07, 6.45) is 5.96. The van der Waals surface area contributed by atoms with Crippen molar-refractivity contribution in [2.24, 2.45) is 0 Å². The van der Waals surface area contributed by atoms with Crippen LogP contribution in [0.5, 0.6) is 0 Å². The first kappa shape index (κ1) is 55.3. The Hall–Kier alpha value is -5.34. The number of ketones is 1. The Morgan fingerprint density at radius 1 is 0.706 bits per heavy atom. The van der Waals surface area contributed by atoms with Crippen LogP contribution in [0.4, 0.5) is 11.4 Å². The minimum absolute atomic E-state index is 0.00986. The number of hydroxylamine groups is 2. The number of nitrogens with one attached hydrogen (secondary N) is 1. The molecule has 68 heavy (non-hydrogen) atoms. The molecule has 0 saturated carbocycles. The Morgan fingerprint density at radius 3 is 1.68 bits per heavy atom. The van der Waals surface area contributed by atoms with E-state index in [1.165, 1.54) is 55.9 Å². The van der Waals surface area contributed by atoms with Crippen LogP contribution in [-0.2, 0) is 40.5 Å². The molecule has 1 N–H and O–H groups in total. The summed E-state index contributed by atoms with van der Waals surface area (Å²) in [5.74, 6) is -0.633. The maximum atomic E-state index is 13.1. The van der Waals surface area contributed by atoms with E-state index in [0.717, 1.165) is 15.4 Å². The van der Waals surface area contributed by atoms with Crippen molar-refractivity contribution in [1.29, 1.82) is 0 Å². The van der Waals surface area contributed by atoms with Crippen molar-refractivity contribution in [2.45, 2.75) is 76.0 Å². The van der Waals surface area contributed by atoms with E-state index in [0.29, 0.717) is 37.8 Å². The fraction of sp³-hybridized carbons (Fsp3) is 0.292. The number of aromatic nitrogens is 4. The molecule has 0 saturated heterocycles. The SMILES string of the molecule is COCN(c1cc(Cl)cnc1Br)S(=O)(=O)c1ccc(C(C)(C)C)cc1.CON(C)C(=O)c1cccnc1C.Cc1ncccc1C(=O)c1ncc(Cl)cc1NS(=O)(=O)c1ccc(C(C)(C)C)cc1. The number of nitrogens with zero attached hydrogens (tertiary/aromatic N) is 6. The van der Waals surface area contributed by atoms with Gasteiger partial charge in [-0.2, -0.15) is 0 Å². The van der Waals surface area contributed by atoms with Crippen molar-refractivity contribution in [1.82, 2.24) is 25.0 Å². The van der Waals surface area contributed by atoms with Gasteiger partial charge in [0, 0.05) is 50.2 Å². The fourth-order valence-corrected chi connectivity index (χ4v) is 9.37. The topological polar surface area (TPSA) is 191 Å². The highest BCUT2D eigenvalue weighted by Gasteiger charge is 2.28. The van der Waals surface area contributed by atoms with E-state index in [9.17, 15) is 26.4 Å². The van der Waals surface area contributed by atoms with Crippen LogP contribution < -0.4 is 9.03 Å². The van der Waals surface area contributed by atoms with Crippen LogP contribution in [0.1, 0.15) is 90.5 Å². The second kappa shape index (κ2) is 23.3. The summed E-state index contributed by atoms with van der Waals surface area (Å²) in [4.78, 5) is 45.8. The van der Waals surface area contributed by atoms with Gasteiger partial charge >= 0.3 is 0 Å². The highest BCUT2D eigenvalue weighted by Crippen LogP contribution is 2.33. The van der Waals surface area contributed by atoms with E-state index >= 15 is 0 Å². The second-order valence-electron chi connectivity index (χ2n) is 17.0. The van der Waals surface area contributed by atoms with Crippen LogP contribution in [0.3, 0.4) is 0 Å². The molecule has 0 spiro atoms. The summed E-state index contributed by atoms with van der Waals surface area (Å²) < 4.78 is 61.1. The Kier molecular flexibility index (Phi) is 18.9. The van der Waals surface area contributed by atoms with E-state index < -0.39 is 25.8 Å². The first-order valence-corrected chi connectivity index (χ1v) is 25.1. The number of benzene rings is 2. The number of anilines is 2. The van der Waals surface area contributed by atoms with Crippen molar-refractivity contribution < 1.29 is 36.0 Å². The first-order chi connectivity index (χ1) is 31.7. The number of amides is 1. The molecule has 0 atom stereocenters.